The van der Waals surface area contributed by atoms with Crippen molar-refractivity contribution in [2.75, 3.05) is 20.3 Å². The molecule has 0 spiro atoms. The average molecular weight is 460 g/mol. The maximum absolute atomic E-state index is 12.5. The quantitative estimate of drug-likeness (QED) is 0.341. The molecule has 0 saturated heterocycles. The van der Waals surface area contributed by atoms with Crippen LogP contribution in [0.3, 0.4) is 0 Å². The molecule has 8 heteroatoms. The second kappa shape index (κ2) is 10.1. The molecule has 34 heavy (non-hydrogen) atoms. The van der Waals surface area contributed by atoms with Gasteiger partial charge < -0.3 is 19.0 Å². The summed E-state index contributed by atoms with van der Waals surface area (Å²) in [5, 5.41) is 9.56. The first-order valence-electron chi connectivity index (χ1n) is 10.7. The molecule has 2 aromatic carbocycles. The molecule has 0 radical (unpaired) electrons. The summed E-state index contributed by atoms with van der Waals surface area (Å²) in [6, 6.07) is 13.1. The van der Waals surface area contributed by atoms with Gasteiger partial charge in [0.1, 0.15) is 24.7 Å². The Morgan fingerprint density at radius 1 is 1.12 bits per heavy atom. The number of hydrogen-bond acceptors (Lipinski definition) is 6. The number of aliphatic imine (C=N–C) groups is 1. The lowest BCUT2D eigenvalue weighted by Gasteiger charge is -2.23. The summed E-state index contributed by atoms with van der Waals surface area (Å²) >= 11 is 0. The van der Waals surface area contributed by atoms with Crippen molar-refractivity contribution in [2.45, 2.75) is 13.3 Å². The van der Waals surface area contributed by atoms with Crippen molar-refractivity contribution in [3.63, 3.8) is 0 Å². The Morgan fingerprint density at radius 2 is 1.88 bits per heavy atom. The lowest BCUT2D eigenvalue weighted by molar-refractivity contribution is -0.114. The molecule has 1 amide bonds. The van der Waals surface area contributed by atoms with Crippen molar-refractivity contribution < 1.29 is 23.8 Å². The third kappa shape index (κ3) is 4.85. The Kier molecular flexibility index (Phi) is 6.77. The van der Waals surface area contributed by atoms with Gasteiger partial charge in [0.2, 0.25) is 0 Å². The molecule has 2 aliphatic rings. The van der Waals surface area contributed by atoms with E-state index >= 15 is 0 Å². The largest absolute Gasteiger partial charge is 0.493 e. The van der Waals surface area contributed by atoms with Gasteiger partial charge in [-0.2, -0.15) is 4.99 Å². The summed E-state index contributed by atoms with van der Waals surface area (Å²) in [6.07, 6.45) is 5.76. The van der Waals surface area contributed by atoms with Gasteiger partial charge in [0, 0.05) is 6.08 Å². The zero-order chi connectivity index (χ0) is 24.1. The number of ether oxygens (including phenoxy) is 3. The standard InChI is InChI=1S/C26H25N3O5/c1-4-7-19-8-5-6-9-21(19)32-12-13-33-22-11-10-18(16-23(22)31-3)15-20-25(27)29-24(28-26(20)30)14-17(2)34-29/h4-6,8-11,14-16,27H,1,7,12-13H2,2-3H3/b20-15-,27-25?. The summed E-state index contributed by atoms with van der Waals surface area (Å²) < 4.78 is 17.2. The number of nitrogens with one attached hydrogen (secondary N) is 1. The van der Waals surface area contributed by atoms with Crippen LogP contribution in [0.25, 0.3) is 6.08 Å². The summed E-state index contributed by atoms with van der Waals surface area (Å²) in [5.74, 6) is 2.14. The number of amidine groups is 2. The van der Waals surface area contributed by atoms with Crippen molar-refractivity contribution in [2.24, 2.45) is 4.99 Å². The number of benzene rings is 2. The fourth-order valence-corrected chi connectivity index (χ4v) is 3.53. The second-order valence-electron chi connectivity index (χ2n) is 7.53. The minimum absolute atomic E-state index is 0.0729. The van der Waals surface area contributed by atoms with Crippen LogP contribution in [0.4, 0.5) is 0 Å². The Morgan fingerprint density at radius 3 is 2.65 bits per heavy atom. The first kappa shape index (κ1) is 22.8. The van der Waals surface area contributed by atoms with E-state index in [1.165, 1.54) is 12.2 Å². The van der Waals surface area contributed by atoms with E-state index in [4.69, 9.17) is 24.5 Å². The Bertz CT molecular complexity index is 1230. The van der Waals surface area contributed by atoms with Crippen LogP contribution in [0.5, 0.6) is 17.2 Å². The minimum atomic E-state index is -0.501. The smallest absolute Gasteiger partial charge is 0.282 e. The van der Waals surface area contributed by atoms with Crippen LogP contribution in [0.2, 0.25) is 0 Å². The van der Waals surface area contributed by atoms with E-state index in [1.807, 2.05) is 30.3 Å². The molecule has 1 N–H and O–H groups in total. The van der Waals surface area contributed by atoms with E-state index in [9.17, 15) is 4.79 Å². The Labute approximate surface area is 197 Å². The summed E-state index contributed by atoms with van der Waals surface area (Å²) in [4.78, 5) is 21.9. The van der Waals surface area contributed by atoms with Crippen LogP contribution < -0.4 is 14.2 Å². The predicted octanol–water partition coefficient (Wildman–Crippen LogP) is 4.33. The molecule has 8 nitrogen and oxygen atoms in total. The van der Waals surface area contributed by atoms with Crippen molar-refractivity contribution >= 4 is 23.7 Å². The van der Waals surface area contributed by atoms with Gasteiger partial charge in [-0.25, -0.2) is 0 Å². The molecule has 174 valence electrons. The lowest BCUT2D eigenvalue weighted by atomic mass is 10.1. The molecule has 0 aliphatic carbocycles. The summed E-state index contributed by atoms with van der Waals surface area (Å²) in [5.41, 5.74) is 1.85. The van der Waals surface area contributed by atoms with Gasteiger partial charge in [0.15, 0.2) is 23.2 Å². The fraction of sp³-hybridized carbons (Fsp3) is 0.192. The van der Waals surface area contributed by atoms with E-state index in [2.05, 4.69) is 11.6 Å². The fourth-order valence-electron chi connectivity index (χ4n) is 3.53. The zero-order valence-corrected chi connectivity index (χ0v) is 19.0. The van der Waals surface area contributed by atoms with Crippen molar-refractivity contribution in [3.8, 4) is 17.2 Å². The molecule has 2 aliphatic heterocycles. The summed E-state index contributed by atoms with van der Waals surface area (Å²) in [7, 11) is 1.54. The number of fused-ring (bicyclic) bond motifs is 1. The van der Waals surface area contributed by atoms with Gasteiger partial charge in [-0.15, -0.1) is 11.6 Å². The number of amides is 1. The summed E-state index contributed by atoms with van der Waals surface area (Å²) in [6.45, 7) is 6.19. The second-order valence-corrected chi connectivity index (χ2v) is 7.53. The number of hydroxylamine groups is 2. The highest BCUT2D eigenvalue weighted by molar-refractivity contribution is 6.32. The first-order valence-corrected chi connectivity index (χ1v) is 10.7. The Balaban J connectivity index is 1.42. The molecule has 2 heterocycles. The Hall–Kier alpha value is -4.33. The monoisotopic (exact) mass is 459 g/mol. The van der Waals surface area contributed by atoms with E-state index in [1.54, 1.807) is 37.3 Å². The highest BCUT2D eigenvalue weighted by Gasteiger charge is 2.34. The third-order valence-corrected chi connectivity index (χ3v) is 5.11. The van der Waals surface area contributed by atoms with Gasteiger partial charge in [0.05, 0.1) is 12.7 Å². The number of allylic oxidation sites excluding steroid dienone is 2. The van der Waals surface area contributed by atoms with E-state index in [0.29, 0.717) is 41.9 Å². The van der Waals surface area contributed by atoms with Gasteiger partial charge >= 0.3 is 0 Å². The van der Waals surface area contributed by atoms with Crippen LogP contribution in [0.1, 0.15) is 18.1 Å². The molecule has 0 fully saturated rings. The number of methoxy groups -OCH3 is 1. The molecule has 0 saturated carbocycles. The first-order chi connectivity index (χ1) is 16.5. The zero-order valence-electron chi connectivity index (χ0n) is 19.0. The van der Waals surface area contributed by atoms with Crippen LogP contribution in [-0.2, 0) is 16.1 Å². The number of para-hydroxylation sites is 1. The SMILES string of the molecule is C=CCc1ccccc1OCCOc1ccc(/C=C2/C(=N)N3OC(C)=CC3=NC2=O)cc1OC. The normalized spacial score (nSPS) is 15.9. The minimum Gasteiger partial charge on any atom is -0.493 e. The predicted molar refractivity (Wildman–Crippen MR) is 129 cm³/mol. The number of carbonyl (C=O) groups is 1. The number of hydrogen-bond donors (Lipinski definition) is 1. The van der Waals surface area contributed by atoms with Gasteiger partial charge in [-0.05, 0) is 48.7 Å². The molecule has 0 atom stereocenters. The topological polar surface area (TPSA) is 93.4 Å². The molecular weight excluding hydrogens is 434 g/mol. The van der Waals surface area contributed by atoms with Gasteiger partial charge in [0.25, 0.3) is 5.91 Å². The lowest BCUT2D eigenvalue weighted by Crippen LogP contribution is -2.38. The maximum atomic E-state index is 12.5. The highest BCUT2D eigenvalue weighted by Crippen LogP contribution is 2.30. The molecule has 0 unspecified atom stereocenters. The molecular formula is C26H25N3O5. The van der Waals surface area contributed by atoms with Crippen LogP contribution in [0.15, 0.2) is 77.5 Å². The van der Waals surface area contributed by atoms with Gasteiger partial charge in [-0.1, -0.05) is 30.3 Å². The molecule has 0 bridgehead atoms. The number of carbonyl (C=O) groups excluding carboxylic acids is 1. The highest BCUT2D eigenvalue weighted by atomic mass is 16.7. The molecule has 2 aromatic rings. The van der Waals surface area contributed by atoms with Crippen LogP contribution >= 0.6 is 0 Å². The third-order valence-electron chi connectivity index (χ3n) is 5.11. The van der Waals surface area contributed by atoms with E-state index < -0.39 is 5.91 Å². The van der Waals surface area contributed by atoms with Gasteiger partial charge in [-0.3, -0.25) is 10.2 Å². The van der Waals surface area contributed by atoms with Crippen LogP contribution in [-0.4, -0.2) is 43.0 Å². The van der Waals surface area contributed by atoms with Crippen molar-refractivity contribution in [3.05, 3.63) is 83.7 Å². The molecule has 0 aromatic heterocycles. The maximum Gasteiger partial charge on any atom is 0.282 e. The average Bonchev–Trinajstić information content (AvgIpc) is 3.21. The number of nitrogens with zero attached hydrogens (tertiary/aromatic N) is 2. The molecule has 4 rings (SSSR count). The van der Waals surface area contributed by atoms with Crippen LogP contribution in [0, 0.1) is 5.41 Å². The van der Waals surface area contributed by atoms with Crippen molar-refractivity contribution in [1.82, 2.24) is 5.06 Å². The van der Waals surface area contributed by atoms with E-state index in [0.717, 1.165) is 17.7 Å². The number of rotatable bonds is 9. The van der Waals surface area contributed by atoms with E-state index in [-0.39, 0.29) is 11.4 Å². The van der Waals surface area contributed by atoms with Crippen molar-refractivity contribution in [1.29, 1.82) is 5.41 Å².